The van der Waals surface area contributed by atoms with Gasteiger partial charge in [-0.15, -0.1) is 0 Å². The summed E-state index contributed by atoms with van der Waals surface area (Å²) < 4.78 is 39.7. The van der Waals surface area contributed by atoms with E-state index in [9.17, 15) is 13.2 Å². The van der Waals surface area contributed by atoms with Crippen LogP contribution < -0.4 is 5.73 Å². The summed E-state index contributed by atoms with van der Waals surface area (Å²) in [4.78, 5) is 0. The molecule has 5 heteroatoms. The first-order chi connectivity index (χ1) is 6.99. The highest BCUT2D eigenvalue weighted by atomic mass is 19.4. The number of nitrogens with two attached hydrogens (primary N) is 1. The van der Waals surface area contributed by atoms with Gasteiger partial charge in [-0.2, -0.15) is 13.2 Å². The van der Waals surface area contributed by atoms with Crippen LogP contribution in [0.25, 0.3) is 0 Å². The van der Waals surface area contributed by atoms with Gasteiger partial charge in [0.05, 0.1) is 12.6 Å². The second-order valence-corrected chi connectivity index (χ2v) is 3.15. The smallest absolute Gasteiger partial charge is 0.370 e. The van der Waals surface area contributed by atoms with Gasteiger partial charge in [0.2, 0.25) is 0 Å². The second kappa shape index (κ2) is 5.14. The molecule has 0 aromatic heterocycles. The van der Waals surface area contributed by atoms with Crippen molar-refractivity contribution < 1.29 is 17.9 Å². The van der Waals surface area contributed by atoms with Gasteiger partial charge in [-0.05, 0) is 5.56 Å². The van der Waals surface area contributed by atoms with Crippen molar-refractivity contribution in [2.45, 2.75) is 12.2 Å². The highest BCUT2D eigenvalue weighted by molar-refractivity contribution is 5.18. The van der Waals surface area contributed by atoms with E-state index in [-0.39, 0.29) is 6.61 Å². The molecule has 1 atom stereocenters. The van der Waals surface area contributed by atoms with Crippen LogP contribution in [-0.4, -0.2) is 19.4 Å². The predicted molar refractivity (Wildman–Crippen MR) is 50.2 cm³/mol. The van der Waals surface area contributed by atoms with Gasteiger partial charge in [-0.3, -0.25) is 0 Å². The van der Waals surface area contributed by atoms with Crippen molar-refractivity contribution >= 4 is 0 Å². The summed E-state index contributed by atoms with van der Waals surface area (Å²) in [5.74, 6) is 0. The van der Waals surface area contributed by atoms with Crippen molar-refractivity contribution in [2.24, 2.45) is 5.73 Å². The fourth-order valence-corrected chi connectivity index (χ4v) is 1.10. The van der Waals surface area contributed by atoms with Gasteiger partial charge >= 0.3 is 6.18 Å². The van der Waals surface area contributed by atoms with Crippen LogP contribution in [0.2, 0.25) is 0 Å². The van der Waals surface area contributed by atoms with E-state index in [0.717, 1.165) is 5.56 Å². The van der Waals surface area contributed by atoms with Crippen LogP contribution in [-0.2, 0) is 4.74 Å². The summed E-state index contributed by atoms with van der Waals surface area (Å²) in [6, 6.07) is 8.35. The highest BCUT2D eigenvalue weighted by Crippen LogP contribution is 2.16. The molecule has 15 heavy (non-hydrogen) atoms. The lowest BCUT2D eigenvalue weighted by Gasteiger charge is -2.13. The molecule has 0 saturated carbocycles. The Bertz CT molecular complexity index is 286. The third-order valence-electron chi connectivity index (χ3n) is 1.79. The van der Waals surface area contributed by atoms with Crippen LogP contribution in [0, 0.1) is 0 Å². The van der Waals surface area contributed by atoms with Crippen molar-refractivity contribution in [1.82, 2.24) is 0 Å². The number of hydrogen-bond acceptors (Lipinski definition) is 2. The van der Waals surface area contributed by atoms with Crippen LogP contribution in [0.1, 0.15) is 11.6 Å². The molecule has 1 aromatic rings. The summed E-state index contributed by atoms with van der Waals surface area (Å²) in [5, 5.41) is 0. The molecule has 2 nitrogen and oxygen atoms in total. The average Bonchev–Trinajstić information content (AvgIpc) is 2.17. The topological polar surface area (TPSA) is 35.2 Å². The number of rotatable bonds is 4. The lowest BCUT2D eigenvalue weighted by Crippen LogP contribution is -2.23. The maximum absolute atomic E-state index is 11.7. The minimum absolute atomic E-state index is 0.135. The fourth-order valence-electron chi connectivity index (χ4n) is 1.10. The Hall–Kier alpha value is -1.07. The van der Waals surface area contributed by atoms with Gasteiger partial charge in [0.1, 0.15) is 6.61 Å². The highest BCUT2D eigenvalue weighted by Gasteiger charge is 2.27. The molecule has 84 valence electrons. The average molecular weight is 219 g/mol. The minimum Gasteiger partial charge on any atom is -0.370 e. The molecule has 0 spiro atoms. The van der Waals surface area contributed by atoms with E-state index >= 15 is 0 Å². The molecular formula is C10H12F3NO. The first-order valence-electron chi connectivity index (χ1n) is 4.44. The summed E-state index contributed by atoms with van der Waals surface area (Å²) in [6.45, 7) is -1.39. The zero-order valence-corrected chi connectivity index (χ0v) is 8.00. The van der Waals surface area contributed by atoms with E-state index < -0.39 is 18.8 Å². The van der Waals surface area contributed by atoms with E-state index in [1.165, 1.54) is 0 Å². The maximum atomic E-state index is 11.7. The van der Waals surface area contributed by atoms with Crippen LogP contribution in [0.5, 0.6) is 0 Å². The number of alkyl halides is 3. The van der Waals surface area contributed by atoms with E-state index in [1.807, 2.05) is 6.07 Å². The normalized spacial score (nSPS) is 13.9. The Labute approximate surface area is 85.8 Å². The number of hydrogen-bond donors (Lipinski definition) is 1. The molecule has 0 aliphatic carbocycles. The van der Waals surface area contributed by atoms with Gasteiger partial charge in [0.25, 0.3) is 0 Å². The molecule has 1 rings (SSSR count). The van der Waals surface area contributed by atoms with E-state index in [0.29, 0.717) is 0 Å². The largest absolute Gasteiger partial charge is 0.411 e. The Morgan fingerprint density at radius 3 is 2.33 bits per heavy atom. The Kier molecular flexibility index (Phi) is 4.11. The monoisotopic (exact) mass is 219 g/mol. The Morgan fingerprint density at radius 2 is 1.80 bits per heavy atom. The fraction of sp³-hybridized carbons (Fsp3) is 0.400. The van der Waals surface area contributed by atoms with E-state index in [2.05, 4.69) is 4.74 Å². The first kappa shape index (κ1) is 12.0. The SMILES string of the molecule is N[C@H](COCC(F)(F)F)c1ccccc1. The Balaban J connectivity index is 2.34. The van der Waals surface area contributed by atoms with Crippen molar-refractivity contribution in [3.8, 4) is 0 Å². The quantitative estimate of drug-likeness (QED) is 0.843. The number of ether oxygens (including phenoxy) is 1. The van der Waals surface area contributed by atoms with Gasteiger partial charge < -0.3 is 10.5 Å². The Morgan fingerprint density at radius 1 is 1.20 bits per heavy atom. The molecular weight excluding hydrogens is 207 g/mol. The van der Waals surface area contributed by atoms with Crippen molar-refractivity contribution in [3.63, 3.8) is 0 Å². The minimum atomic E-state index is -4.30. The van der Waals surface area contributed by atoms with Gasteiger partial charge in [0, 0.05) is 0 Å². The van der Waals surface area contributed by atoms with Gasteiger partial charge in [0.15, 0.2) is 0 Å². The lowest BCUT2D eigenvalue weighted by atomic mass is 10.1. The lowest BCUT2D eigenvalue weighted by molar-refractivity contribution is -0.174. The van der Waals surface area contributed by atoms with Crippen LogP contribution in [0.3, 0.4) is 0 Å². The summed E-state index contributed by atoms with van der Waals surface area (Å²) in [7, 11) is 0. The van der Waals surface area contributed by atoms with E-state index in [4.69, 9.17) is 5.73 Å². The zero-order chi connectivity index (χ0) is 11.3. The molecule has 1 aromatic carbocycles. The van der Waals surface area contributed by atoms with E-state index in [1.54, 1.807) is 24.3 Å². The second-order valence-electron chi connectivity index (χ2n) is 3.15. The molecule has 0 heterocycles. The van der Waals surface area contributed by atoms with Crippen LogP contribution >= 0.6 is 0 Å². The third kappa shape index (κ3) is 4.80. The molecule has 0 radical (unpaired) electrons. The van der Waals surface area contributed by atoms with Crippen LogP contribution in [0.4, 0.5) is 13.2 Å². The maximum Gasteiger partial charge on any atom is 0.411 e. The third-order valence-corrected chi connectivity index (χ3v) is 1.79. The molecule has 0 aliphatic rings. The van der Waals surface area contributed by atoms with Crippen molar-refractivity contribution in [2.75, 3.05) is 13.2 Å². The first-order valence-corrected chi connectivity index (χ1v) is 4.44. The molecule has 0 aliphatic heterocycles. The molecule has 2 N–H and O–H groups in total. The van der Waals surface area contributed by atoms with Crippen molar-refractivity contribution in [3.05, 3.63) is 35.9 Å². The molecule has 0 saturated heterocycles. The number of benzene rings is 1. The predicted octanol–water partition coefficient (Wildman–Crippen LogP) is 2.27. The number of halogens is 3. The summed E-state index contributed by atoms with van der Waals surface area (Å²) in [6.07, 6.45) is -4.30. The standard InChI is InChI=1S/C10H12F3NO/c11-10(12,13)7-15-6-9(14)8-4-2-1-3-5-8/h1-5,9H,6-7,14H2/t9-/m1/s1. The molecule has 0 bridgehead atoms. The van der Waals surface area contributed by atoms with Gasteiger partial charge in [-0.1, -0.05) is 30.3 Å². The molecule has 0 unspecified atom stereocenters. The molecule has 0 fully saturated rings. The van der Waals surface area contributed by atoms with Gasteiger partial charge in [-0.25, -0.2) is 0 Å². The van der Waals surface area contributed by atoms with Crippen molar-refractivity contribution in [1.29, 1.82) is 0 Å². The molecule has 0 amide bonds. The zero-order valence-electron chi connectivity index (χ0n) is 8.00. The summed E-state index contributed by atoms with van der Waals surface area (Å²) >= 11 is 0. The summed E-state index contributed by atoms with van der Waals surface area (Å²) in [5.41, 5.74) is 6.40. The van der Waals surface area contributed by atoms with Crippen LogP contribution in [0.15, 0.2) is 30.3 Å².